The number of nitrogens with zero attached hydrogens (tertiary/aromatic N) is 2. The fraction of sp³-hybridized carbons (Fsp3) is 0.455. The van der Waals surface area contributed by atoms with E-state index in [0.717, 1.165) is 35.3 Å². The van der Waals surface area contributed by atoms with Gasteiger partial charge in [0, 0.05) is 35.9 Å². The molecule has 164 valence electrons. The average Bonchev–Trinajstić information content (AvgIpc) is 3.34. The van der Waals surface area contributed by atoms with E-state index >= 15 is 0 Å². The third kappa shape index (κ3) is 3.75. The summed E-state index contributed by atoms with van der Waals surface area (Å²) < 4.78 is 5.91. The monoisotopic (exact) mass is 427 g/mol. The number of rotatable bonds is 7. The molecule has 9 nitrogen and oxygen atoms in total. The van der Waals surface area contributed by atoms with Crippen molar-refractivity contribution in [3.8, 4) is 0 Å². The van der Waals surface area contributed by atoms with Gasteiger partial charge in [0.1, 0.15) is 16.9 Å². The van der Waals surface area contributed by atoms with E-state index in [1.165, 1.54) is 5.56 Å². The number of imide groups is 1. The number of aryl methyl sites for hydroxylation is 2. The standard InChI is InChI=1S/C22H25N3O6/c1-22(2)20(28)25(21(29)23-22)9-8-13(19(26)27)10-16(24-30)12-6-7-15-14-4-3-5-17(14)31-18(15)11-12/h6-7,11,13,30H,3-5,8-10H2,1-2H3,(H,23,29)(H,26,27)/b24-16+. The summed E-state index contributed by atoms with van der Waals surface area (Å²) in [7, 11) is 0. The van der Waals surface area contributed by atoms with Crippen LogP contribution in [0.15, 0.2) is 27.8 Å². The van der Waals surface area contributed by atoms with E-state index in [-0.39, 0.29) is 25.1 Å². The predicted molar refractivity (Wildman–Crippen MR) is 111 cm³/mol. The van der Waals surface area contributed by atoms with Gasteiger partial charge >= 0.3 is 12.0 Å². The molecule has 3 N–H and O–H groups in total. The van der Waals surface area contributed by atoms with E-state index < -0.39 is 29.4 Å². The number of oxime groups is 1. The van der Waals surface area contributed by atoms with Crippen LogP contribution < -0.4 is 5.32 Å². The highest BCUT2D eigenvalue weighted by molar-refractivity contribution is 6.06. The first-order valence-electron chi connectivity index (χ1n) is 10.3. The summed E-state index contributed by atoms with van der Waals surface area (Å²) in [5.41, 5.74) is 1.68. The van der Waals surface area contributed by atoms with E-state index in [2.05, 4.69) is 10.5 Å². The van der Waals surface area contributed by atoms with Gasteiger partial charge < -0.3 is 20.0 Å². The Labute approximate surface area is 178 Å². The number of benzene rings is 1. The van der Waals surface area contributed by atoms with Crippen LogP contribution in [-0.4, -0.2) is 50.9 Å². The van der Waals surface area contributed by atoms with Gasteiger partial charge in [-0.05, 0) is 39.2 Å². The Morgan fingerprint density at radius 1 is 1.32 bits per heavy atom. The molecule has 9 heteroatoms. The van der Waals surface area contributed by atoms with E-state index in [0.29, 0.717) is 11.1 Å². The summed E-state index contributed by atoms with van der Waals surface area (Å²) >= 11 is 0. The summed E-state index contributed by atoms with van der Waals surface area (Å²) in [5, 5.41) is 26.2. The Kier molecular flexibility index (Phi) is 5.20. The number of amides is 3. The maximum atomic E-state index is 12.3. The zero-order valence-corrected chi connectivity index (χ0v) is 17.5. The number of carboxylic acids is 1. The van der Waals surface area contributed by atoms with Gasteiger partial charge in [0.25, 0.3) is 5.91 Å². The van der Waals surface area contributed by atoms with Gasteiger partial charge in [0.05, 0.1) is 11.6 Å². The SMILES string of the molecule is CC1(C)NC(=O)N(CCC(C/C(=N\O)c2ccc3c4c(oc3c2)CCC4)C(=O)O)C1=O. The molecule has 4 rings (SSSR count). The maximum Gasteiger partial charge on any atom is 0.325 e. The van der Waals surface area contributed by atoms with Crippen LogP contribution in [0.4, 0.5) is 4.79 Å². The normalized spacial score (nSPS) is 19.0. The van der Waals surface area contributed by atoms with Gasteiger partial charge in [-0.2, -0.15) is 0 Å². The van der Waals surface area contributed by atoms with Gasteiger partial charge in [-0.25, -0.2) is 4.79 Å². The van der Waals surface area contributed by atoms with E-state index in [1.54, 1.807) is 26.0 Å². The van der Waals surface area contributed by atoms with Crippen molar-refractivity contribution in [2.45, 2.75) is 51.5 Å². The lowest BCUT2D eigenvalue weighted by atomic mass is 9.94. The Hall–Kier alpha value is -3.36. The minimum Gasteiger partial charge on any atom is -0.481 e. The van der Waals surface area contributed by atoms with E-state index in [1.807, 2.05) is 6.07 Å². The van der Waals surface area contributed by atoms with Crippen molar-refractivity contribution in [3.63, 3.8) is 0 Å². The van der Waals surface area contributed by atoms with Crippen LogP contribution in [0.1, 0.15) is 50.0 Å². The lowest BCUT2D eigenvalue weighted by Gasteiger charge is -2.18. The second-order valence-electron chi connectivity index (χ2n) is 8.65. The quantitative estimate of drug-likeness (QED) is 0.269. The Bertz CT molecular complexity index is 1100. The molecule has 1 aliphatic carbocycles. The van der Waals surface area contributed by atoms with E-state index in [4.69, 9.17) is 4.42 Å². The van der Waals surface area contributed by atoms with Crippen LogP contribution in [0.5, 0.6) is 0 Å². The molecular formula is C22H25N3O6. The summed E-state index contributed by atoms with van der Waals surface area (Å²) in [6.07, 6.45) is 2.94. The Balaban J connectivity index is 1.49. The molecule has 3 amide bonds. The van der Waals surface area contributed by atoms with Crippen LogP contribution in [0.25, 0.3) is 11.0 Å². The zero-order chi connectivity index (χ0) is 22.3. The van der Waals surface area contributed by atoms with E-state index in [9.17, 15) is 24.7 Å². The van der Waals surface area contributed by atoms with Gasteiger partial charge in [0.2, 0.25) is 0 Å². The summed E-state index contributed by atoms with van der Waals surface area (Å²) in [6, 6.07) is 4.94. The highest BCUT2D eigenvalue weighted by Crippen LogP contribution is 2.33. The van der Waals surface area contributed by atoms with Crippen LogP contribution >= 0.6 is 0 Å². The molecule has 31 heavy (non-hydrogen) atoms. The molecule has 1 aromatic heterocycles. The fourth-order valence-electron chi connectivity index (χ4n) is 4.35. The zero-order valence-electron chi connectivity index (χ0n) is 17.5. The second-order valence-corrected chi connectivity index (χ2v) is 8.65. The molecule has 1 saturated heterocycles. The molecule has 1 atom stereocenters. The average molecular weight is 427 g/mol. The van der Waals surface area contributed by atoms with Gasteiger partial charge in [-0.3, -0.25) is 14.5 Å². The first kappa shape index (κ1) is 20.9. The number of furan rings is 1. The predicted octanol–water partition coefficient (Wildman–Crippen LogP) is 2.91. The van der Waals surface area contributed by atoms with Crippen molar-refractivity contribution in [2.75, 3.05) is 6.54 Å². The van der Waals surface area contributed by atoms with Crippen molar-refractivity contribution in [1.29, 1.82) is 0 Å². The number of aliphatic carboxylic acids is 1. The van der Waals surface area contributed by atoms with Crippen molar-refractivity contribution >= 4 is 34.6 Å². The highest BCUT2D eigenvalue weighted by Gasteiger charge is 2.44. The van der Waals surface area contributed by atoms with Crippen molar-refractivity contribution in [3.05, 3.63) is 35.1 Å². The third-order valence-corrected chi connectivity index (χ3v) is 6.10. The van der Waals surface area contributed by atoms with Crippen LogP contribution in [0.3, 0.4) is 0 Å². The molecule has 2 aliphatic rings. The van der Waals surface area contributed by atoms with Crippen molar-refractivity contribution in [2.24, 2.45) is 11.1 Å². The maximum absolute atomic E-state index is 12.3. The molecule has 2 heterocycles. The molecule has 0 spiro atoms. The first-order chi connectivity index (χ1) is 14.7. The van der Waals surface area contributed by atoms with Crippen molar-refractivity contribution < 1.29 is 29.1 Å². The number of hydrogen-bond acceptors (Lipinski definition) is 6. The topological polar surface area (TPSA) is 132 Å². The molecule has 1 fully saturated rings. The molecule has 1 aliphatic heterocycles. The number of nitrogens with one attached hydrogen (secondary N) is 1. The van der Waals surface area contributed by atoms with Gasteiger partial charge in [0.15, 0.2) is 0 Å². The van der Waals surface area contributed by atoms with Crippen molar-refractivity contribution in [1.82, 2.24) is 10.2 Å². The van der Waals surface area contributed by atoms with Crippen LogP contribution in [0, 0.1) is 5.92 Å². The number of carbonyl (C=O) groups is 3. The van der Waals surface area contributed by atoms with Crippen LogP contribution in [-0.2, 0) is 22.4 Å². The molecule has 0 radical (unpaired) electrons. The number of carbonyl (C=O) groups excluding carboxylic acids is 2. The minimum absolute atomic E-state index is 0.0340. The fourth-order valence-corrected chi connectivity index (χ4v) is 4.35. The molecule has 0 saturated carbocycles. The number of urea groups is 1. The summed E-state index contributed by atoms with van der Waals surface area (Å²) in [6.45, 7) is 3.16. The molecule has 2 aromatic rings. The Morgan fingerprint density at radius 2 is 2.10 bits per heavy atom. The van der Waals surface area contributed by atoms with Gasteiger partial charge in [-0.1, -0.05) is 17.3 Å². The summed E-state index contributed by atoms with van der Waals surface area (Å²) in [4.78, 5) is 37.2. The number of fused-ring (bicyclic) bond motifs is 3. The lowest BCUT2D eigenvalue weighted by molar-refractivity contribution is -0.142. The Morgan fingerprint density at radius 3 is 2.74 bits per heavy atom. The number of hydrogen-bond donors (Lipinski definition) is 3. The molecule has 0 bridgehead atoms. The molecular weight excluding hydrogens is 402 g/mol. The van der Waals surface area contributed by atoms with Gasteiger partial charge in [-0.15, -0.1) is 0 Å². The van der Waals surface area contributed by atoms with Crippen LogP contribution in [0.2, 0.25) is 0 Å². The lowest BCUT2D eigenvalue weighted by Crippen LogP contribution is -2.40. The molecule has 1 aromatic carbocycles. The number of carboxylic acid groups (broad SMARTS) is 1. The highest BCUT2D eigenvalue weighted by atomic mass is 16.4. The third-order valence-electron chi connectivity index (χ3n) is 6.10. The summed E-state index contributed by atoms with van der Waals surface area (Å²) in [5.74, 6) is -1.44. The first-order valence-corrected chi connectivity index (χ1v) is 10.3. The molecule has 1 unspecified atom stereocenters. The largest absolute Gasteiger partial charge is 0.481 e. The minimum atomic E-state index is -1.09. The second kappa shape index (κ2) is 7.72. The smallest absolute Gasteiger partial charge is 0.325 e.